The summed E-state index contributed by atoms with van der Waals surface area (Å²) in [6, 6.07) is 7.78. The van der Waals surface area contributed by atoms with E-state index in [4.69, 9.17) is 4.74 Å². The van der Waals surface area contributed by atoms with Crippen molar-refractivity contribution in [2.45, 2.75) is 13.8 Å². The summed E-state index contributed by atoms with van der Waals surface area (Å²) < 4.78 is 5.63. The highest BCUT2D eigenvalue weighted by molar-refractivity contribution is 7.17. The van der Waals surface area contributed by atoms with Crippen LogP contribution in [0.2, 0.25) is 0 Å². The molecule has 0 spiro atoms. The molecule has 0 aliphatic carbocycles. The highest BCUT2D eigenvalue weighted by Gasteiger charge is 2.07. The molecule has 1 aromatic carbocycles. The van der Waals surface area contributed by atoms with Crippen molar-refractivity contribution in [1.82, 2.24) is 4.98 Å². The minimum absolute atomic E-state index is 0.160. The molecule has 106 valence electrons. The first-order chi connectivity index (χ1) is 9.58. The van der Waals surface area contributed by atoms with E-state index >= 15 is 0 Å². The van der Waals surface area contributed by atoms with E-state index in [0.717, 1.165) is 22.6 Å². The standard InChI is InChI=1S/C14H16N2O3S/c1-9-5-3-4-6-11(9)19-8-7-15-14-16-10(2)12(20-14)13(17)18/h3-6H,7-8H2,1-2H3,(H,15,16)(H,17,18)/p-1. The van der Waals surface area contributed by atoms with Gasteiger partial charge in [-0.05, 0) is 25.5 Å². The number of carbonyl (C=O) groups is 1. The Balaban J connectivity index is 1.83. The first kappa shape index (κ1) is 14.3. The molecule has 0 radical (unpaired) electrons. The van der Waals surface area contributed by atoms with Gasteiger partial charge >= 0.3 is 0 Å². The average Bonchev–Trinajstić information content (AvgIpc) is 2.78. The maximum Gasteiger partial charge on any atom is 0.183 e. The lowest BCUT2D eigenvalue weighted by Crippen LogP contribution is -2.21. The van der Waals surface area contributed by atoms with E-state index in [1.807, 2.05) is 31.2 Å². The van der Waals surface area contributed by atoms with Crippen molar-refractivity contribution in [3.63, 3.8) is 0 Å². The van der Waals surface area contributed by atoms with Crippen molar-refractivity contribution >= 4 is 22.4 Å². The van der Waals surface area contributed by atoms with Crippen molar-refractivity contribution in [2.75, 3.05) is 18.5 Å². The number of para-hydroxylation sites is 1. The Bertz CT molecular complexity index is 610. The Morgan fingerprint density at radius 1 is 1.40 bits per heavy atom. The molecular weight excluding hydrogens is 276 g/mol. The number of hydrogen-bond donors (Lipinski definition) is 1. The van der Waals surface area contributed by atoms with Crippen LogP contribution < -0.4 is 15.2 Å². The second-order valence-corrected chi connectivity index (χ2v) is 5.26. The lowest BCUT2D eigenvalue weighted by atomic mass is 10.2. The van der Waals surface area contributed by atoms with E-state index < -0.39 is 5.97 Å². The predicted molar refractivity (Wildman–Crippen MR) is 76.3 cm³/mol. The lowest BCUT2D eigenvalue weighted by Gasteiger charge is -2.08. The maximum absolute atomic E-state index is 10.8. The van der Waals surface area contributed by atoms with E-state index in [9.17, 15) is 9.90 Å². The van der Waals surface area contributed by atoms with E-state index in [2.05, 4.69) is 10.3 Å². The number of rotatable bonds is 6. The Morgan fingerprint density at radius 3 is 2.80 bits per heavy atom. The van der Waals surface area contributed by atoms with E-state index in [0.29, 0.717) is 24.0 Å². The van der Waals surface area contributed by atoms with Gasteiger partial charge in [0.1, 0.15) is 12.4 Å². The normalized spacial score (nSPS) is 10.3. The predicted octanol–water partition coefficient (Wildman–Crippen LogP) is 1.61. The summed E-state index contributed by atoms with van der Waals surface area (Å²) in [6.45, 7) is 4.66. The van der Waals surface area contributed by atoms with Gasteiger partial charge in [0.05, 0.1) is 23.1 Å². The van der Waals surface area contributed by atoms with Gasteiger partial charge in [0.15, 0.2) is 5.13 Å². The van der Waals surface area contributed by atoms with Gasteiger partial charge in [-0.2, -0.15) is 0 Å². The Morgan fingerprint density at radius 2 is 2.15 bits per heavy atom. The van der Waals surface area contributed by atoms with Gasteiger partial charge in [-0.3, -0.25) is 0 Å². The summed E-state index contributed by atoms with van der Waals surface area (Å²) in [4.78, 5) is 15.1. The number of carbonyl (C=O) groups excluding carboxylic acids is 1. The smallest absolute Gasteiger partial charge is 0.183 e. The zero-order valence-electron chi connectivity index (χ0n) is 11.3. The van der Waals surface area contributed by atoms with Gasteiger partial charge in [0.25, 0.3) is 0 Å². The highest BCUT2D eigenvalue weighted by atomic mass is 32.1. The first-order valence-electron chi connectivity index (χ1n) is 6.19. The van der Waals surface area contributed by atoms with Crippen LogP contribution in [-0.4, -0.2) is 24.1 Å². The molecule has 5 nitrogen and oxygen atoms in total. The zero-order valence-corrected chi connectivity index (χ0v) is 12.1. The van der Waals surface area contributed by atoms with Crippen molar-refractivity contribution in [3.05, 3.63) is 40.4 Å². The summed E-state index contributed by atoms with van der Waals surface area (Å²) in [6.07, 6.45) is 0. The lowest BCUT2D eigenvalue weighted by molar-refractivity contribution is -0.254. The molecule has 0 amide bonds. The Labute approximate surface area is 121 Å². The largest absolute Gasteiger partial charge is 0.544 e. The van der Waals surface area contributed by atoms with Crippen LogP contribution in [0.15, 0.2) is 24.3 Å². The first-order valence-corrected chi connectivity index (χ1v) is 7.00. The molecule has 0 saturated heterocycles. The van der Waals surface area contributed by atoms with E-state index in [-0.39, 0.29) is 4.88 Å². The van der Waals surface area contributed by atoms with Crippen LogP contribution in [-0.2, 0) is 0 Å². The number of nitrogens with zero attached hydrogens (tertiary/aromatic N) is 1. The summed E-state index contributed by atoms with van der Waals surface area (Å²) in [7, 11) is 0. The number of nitrogens with one attached hydrogen (secondary N) is 1. The molecule has 1 heterocycles. The van der Waals surface area contributed by atoms with E-state index in [1.165, 1.54) is 0 Å². The molecule has 0 aliphatic heterocycles. The summed E-state index contributed by atoms with van der Waals surface area (Å²) in [5, 5.41) is 14.4. The fraction of sp³-hybridized carbons (Fsp3) is 0.286. The number of aromatic nitrogens is 1. The van der Waals surface area contributed by atoms with Gasteiger partial charge in [-0.1, -0.05) is 29.5 Å². The molecule has 1 aromatic heterocycles. The molecule has 0 saturated carbocycles. The summed E-state index contributed by atoms with van der Waals surface area (Å²) in [5.41, 5.74) is 1.55. The third kappa shape index (κ3) is 3.48. The third-order valence-corrected chi connectivity index (χ3v) is 3.81. The summed E-state index contributed by atoms with van der Waals surface area (Å²) >= 11 is 1.08. The second-order valence-electron chi connectivity index (χ2n) is 4.26. The minimum Gasteiger partial charge on any atom is -0.544 e. The number of ether oxygens (including phenoxy) is 1. The number of aromatic carboxylic acids is 1. The SMILES string of the molecule is Cc1ccccc1OCCNc1nc(C)c(C(=O)[O-])s1. The third-order valence-electron chi connectivity index (χ3n) is 2.71. The minimum atomic E-state index is -1.19. The molecule has 1 N–H and O–H groups in total. The van der Waals surface area contributed by atoms with Crippen LogP contribution in [0.4, 0.5) is 5.13 Å². The van der Waals surface area contributed by atoms with Gasteiger partial charge in [0, 0.05) is 0 Å². The van der Waals surface area contributed by atoms with Crippen molar-refractivity contribution in [3.8, 4) is 5.75 Å². The monoisotopic (exact) mass is 291 g/mol. The molecule has 0 bridgehead atoms. The van der Waals surface area contributed by atoms with Crippen LogP contribution in [0.3, 0.4) is 0 Å². The Hall–Kier alpha value is -2.08. The van der Waals surface area contributed by atoms with Crippen LogP contribution in [0.25, 0.3) is 0 Å². The molecule has 20 heavy (non-hydrogen) atoms. The van der Waals surface area contributed by atoms with Crippen LogP contribution in [0.5, 0.6) is 5.75 Å². The fourth-order valence-electron chi connectivity index (χ4n) is 1.70. The Kier molecular flexibility index (Phi) is 4.57. The molecule has 0 unspecified atom stereocenters. The van der Waals surface area contributed by atoms with Gasteiger partial charge in [0.2, 0.25) is 0 Å². The van der Waals surface area contributed by atoms with Crippen molar-refractivity contribution < 1.29 is 14.6 Å². The number of carboxylic acid groups (broad SMARTS) is 1. The number of anilines is 1. The average molecular weight is 291 g/mol. The topological polar surface area (TPSA) is 74.3 Å². The zero-order chi connectivity index (χ0) is 14.5. The molecule has 6 heteroatoms. The molecule has 2 aromatic rings. The van der Waals surface area contributed by atoms with E-state index in [1.54, 1.807) is 6.92 Å². The molecule has 0 atom stereocenters. The number of hydrogen-bond acceptors (Lipinski definition) is 6. The van der Waals surface area contributed by atoms with Crippen LogP contribution >= 0.6 is 11.3 Å². The number of carboxylic acids is 1. The van der Waals surface area contributed by atoms with Crippen LogP contribution in [0.1, 0.15) is 20.9 Å². The van der Waals surface area contributed by atoms with Gasteiger partial charge in [-0.15, -0.1) is 0 Å². The van der Waals surface area contributed by atoms with Crippen molar-refractivity contribution in [1.29, 1.82) is 0 Å². The number of thiazole rings is 1. The number of benzene rings is 1. The maximum atomic E-state index is 10.8. The fourth-order valence-corrected chi connectivity index (χ4v) is 2.53. The van der Waals surface area contributed by atoms with Gasteiger partial charge in [-0.25, -0.2) is 4.98 Å². The summed E-state index contributed by atoms with van der Waals surface area (Å²) in [5.74, 6) is -0.343. The quantitative estimate of drug-likeness (QED) is 0.819. The highest BCUT2D eigenvalue weighted by Crippen LogP contribution is 2.21. The molecule has 0 aliphatic rings. The van der Waals surface area contributed by atoms with Gasteiger partial charge < -0.3 is 20.0 Å². The van der Waals surface area contributed by atoms with Crippen LogP contribution in [0, 0.1) is 13.8 Å². The van der Waals surface area contributed by atoms with Crippen molar-refractivity contribution in [2.24, 2.45) is 0 Å². The number of aryl methyl sites for hydroxylation is 2. The molecule has 2 rings (SSSR count). The molecular formula is C14H15N2O3S-. The second kappa shape index (κ2) is 6.38. The molecule has 0 fully saturated rings.